The van der Waals surface area contributed by atoms with Gasteiger partial charge in [-0.05, 0) is 48.9 Å². The van der Waals surface area contributed by atoms with E-state index in [1.807, 2.05) is 60.5 Å². The van der Waals surface area contributed by atoms with Crippen LogP contribution in [0.25, 0.3) is 0 Å². The number of halogens is 1. The Labute approximate surface area is 169 Å². The van der Waals surface area contributed by atoms with Crippen molar-refractivity contribution in [3.05, 3.63) is 95.3 Å². The summed E-state index contributed by atoms with van der Waals surface area (Å²) in [6.45, 7) is 2.60. The molecule has 0 radical (unpaired) electrons. The Morgan fingerprint density at radius 1 is 1.00 bits per heavy atom. The van der Waals surface area contributed by atoms with Crippen molar-refractivity contribution in [2.24, 2.45) is 5.10 Å². The lowest BCUT2D eigenvalue weighted by atomic mass is 9.96. The summed E-state index contributed by atoms with van der Waals surface area (Å²) in [5.74, 6) is 1.33. The molecule has 2 aliphatic rings. The van der Waals surface area contributed by atoms with E-state index < -0.39 is 6.23 Å². The zero-order valence-electron chi connectivity index (χ0n) is 16.1. The topological polar surface area (TPSA) is 34.1 Å². The molecule has 0 spiro atoms. The zero-order valence-corrected chi connectivity index (χ0v) is 16.1. The van der Waals surface area contributed by atoms with Gasteiger partial charge in [0.1, 0.15) is 17.3 Å². The summed E-state index contributed by atoms with van der Waals surface area (Å²) >= 11 is 0. The maximum Gasteiger partial charge on any atom is 0.216 e. The molecule has 0 aliphatic carbocycles. The number of hydrogen-bond donors (Lipinski definition) is 0. The average molecular weight is 388 g/mol. The van der Waals surface area contributed by atoms with E-state index in [4.69, 9.17) is 14.6 Å². The van der Waals surface area contributed by atoms with Gasteiger partial charge in [0.05, 0.1) is 23.9 Å². The summed E-state index contributed by atoms with van der Waals surface area (Å²) in [5, 5.41) is 6.77. The van der Waals surface area contributed by atoms with Gasteiger partial charge in [-0.25, -0.2) is 9.40 Å². The van der Waals surface area contributed by atoms with Crippen LogP contribution in [-0.4, -0.2) is 17.3 Å². The number of nitrogens with zero attached hydrogens (tertiary/aromatic N) is 2. The summed E-state index contributed by atoms with van der Waals surface area (Å²) in [6, 6.07) is 22.6. The molecule has 0 unspecified atom stereocenters. The molecule has 3 aromatic rings. The van der Waals surface area contributed by atoms with E-state index in [0.717, 1.165) is 34.8 Å². The van der Waals surface area contributed by atoms with E-state index in [-0.39, 0.29) is 11.9 Å². The lowest BCUT2D eigenvalue weighted by Gasteiger charge is -2.38. The Morgan fingerprint density at radius 2 is 1.72 bits per heavy atom. The van der Waals surface area contributed by atoms with E-state index in [1.54, 1.807) is 12.1 Å². The molecule has 0 amide bonds. The number of benzene rings is 3. The molecule has 5 heteroatoms. The highest BCUT2D eigenvalue weighted by molar-refractivity contribution is 6.02. The minimum absolute atomic E-state index is 0.00567. The summed E-state index contributed by atoms with van der Waals surface area (Å²) in [4.78, 5) is 0. The first-order valence-corrected chi connectivity index (χ1v) is 9.83. The molecule has 29 heavy (non-hydrogen) atoms. The van der Waals surface area contributed by atoms with E-state index in [2.05, 4.69) is 6.07 Å². The number of para-hydroxylation sites is 1. The molecule has 0 N–H and O–H groups in total. The van der Waals surface area contributed by atoms with Crippen molar-refractivity contribution in [3.8, 4) is 11.5 Å². The smallest absolute Gasteiger partial charge is 0.216 e. The molecule has 2 heterocycles. The molecule has 2 aliphatic heterocycles. The summed E-state index contributed by atoms with van der Waals surface area (Å²) in [7, 11) is 0. The average Bonchev–Trinajstić information content (AvgIpc) is 3.20. The fourth-order valence-corrected chi connectivity index (χ4v) is 4.00. The highest BCUT2D eigenvalue weighted by Gasteiger charge is 2.41. The van der Waals surface area contributed by atoms with Crippen molar-refractivity contribution in [1.29, 1.82) is 0 Å². The van der Waals surface area contributed by atoms with Gasteiger partial charge in [-0.15, -0.1) is 0 Å². The van der Waals surface area contributed by atoms with E-state index in [1.165, 1.54) is 6.07 Å². The van der Waals surface area contributed by atoms with Gasteiger partial charge in [-0.1, -0.05) is 36.4 Å². The number of rotatable bonds is 4. The third-order valence-corrected chi connectivity index (χ3v) is 5.37. The first kappa shape index (κ1) is 17.7. The molecule has 5 rings (SSSR count). The predicted octanol–water partition coefficient (Wildman–Crippen LogP) is 5.47. The van der Waals surface area contributed by atoms with Gasteiger partial charge in [-0.3, -0.25) is 0 Å². The maximum atomic E-state index is 14.6. The van der Waals surface area contributed by atoms with Crippen LogP contribution >= 0.6 is 0 Å². The van der Waals surface area contributed by atoms with E-state index in [9.17, 15) is 4.39 Å². The fraction of sp³-hybridized carbons (Fsp3) is 0.208. The van der Waals surface area contributed by atoms with Crippen LogP contribution in [0.2, 0.25) is 0 Å². The highest BCUT2D eigenvalue weighted by Crippen LogP contribution is 2.47. The molecule has 0 aromatic heterocycles. The number of hydrogen-bond acceptors (Lipinski definition) is 4. The molecule has 146 valence electrons. The van der Waals surface area contributed by atoms with Crippen LogP contribution in [0.15, 0.2) is 77.9 Å². The van der Waals surface area contributed by atoms with Crippen molar-refractivity contribution >= 4 is 5.71 Å². The number of fused-ring (bicyclic) bond motifs is 3. The van der Waals surface area contributed by atoms with Crippen LogP contribution in [0.5, 0.6) is 11.5 Å². The molecule has 0 saturated heterocycles. The van der Waals surface area contributed by atoms with Gasteiger partial charge < -0.3 is 9.47 Å². The SMILES string of the molecule is CCOc1ccc(C2=NN3[C@H](C2)c2ccccc2O[C@@H]3c2ccccc2F)cc1. The Hall–Kier alpha value is -3.34. The molecular formula is C24H21FN2O2. The predicted molar refractivity (Wildman–Crippen MR) is 110 cm³/mol. The third-order valence-electron chi connectivity index (χ3n) is 5.37. The van der Waals surface area contributed by atoms with Crippen molar-refractivity contribution in [2.45, 2.75) is 25.6 Å². The second-order valence-electron chi connectivity index (χ2n) is 7.13. The van der Waals surface area contributed by atoms with Crippen LogP contribution in [0, 0.1) is 5.82 Å². The molecular weight excluding hydrogens is 367 g/mol. The summed E-state index contributed by atoms with van der Waals surface area (Å²) in [5.41, 5.74) is 3.56. The lowest BCUT2D eigenvalue weighted by molar-refractivity contribution is -0.0212. The second-order valence-corrected chi connectivity index (χ2v) is 7.13. The van der Waals surface area contributed by atoms with Crippen molar-refractivity contribution < 1.29 is 13.9 Å². The minimum Gasteiger partial charge on any atom is -0.494 e. The van der Waals surface area contributed by atoms with Gasteiger partial charge in [0, 0.05) is 12.0 Å². The van der Waals surface area contributed by atoms with Gasteiger partial charge in [0.25, 0.3) is 0 Å². The number of ether oxygens (including phenoxy) is 2. The largest absolute Gasteiger partial charge is 0.494 e. The monoisotopic (exact) mass is 388 g/mol. The van der Waals surface area contributed by atoms with E-state index >= 15 is 0 Å². The van der Waals surface area contributed by atoms with Gasteiger partial charge in [-0.2, -0.15) is 5.10 Å². The van der Waals surface area contributed by atoms with Crippen molar-refractivity contribution in [3.63, 3.8) is 0 Å². The summed E-state index contributed by atoms with van der Waals surface area (Å²) in [6.07, 6.45) is 0.135. The lowest BCUT2D eigenvalue weighted by Crippen LogP contribution is -2.34. The van der Waals surface area contributed by atoms with Crippen LogP contribution in [0.1, 0.15) is 42.3 Å². The molecule has 2 atom stereocenters. The maximum absolute atomic E-state index is 14.6. The van der Waals surface area contributed by atoms with Crippen LogP contribution in [-0.2, 0) is 0 Å². The Balaban J connectivity index is 1.55. The molecule has 4 nitrogen and oxygen atoms in total. The molecule has 3 aromatic carbocycles. The normalized spacial score (nSPS) is 19.8. The van der Waals surface area contributed by atoms with Gasteiger partial charge in [0.2, 0.25) is 6.23 Å². The Bertz CT molecular complexity index is 1060. The molecule has 0 saturated carbocycles. The van der Waals surface area contributed by atoms with Crippen LogP contribution < -0.4 is 9.47 Å². The first-order chi connectivity index (χ1) is 14.2. The third kappa shape index (κ3) is 3.12. The quantitative estimate of drug-likeness (QED) is 0.595. The Kier molecular flexibility index (Phi) is 4.43. The van der Waals surface area contributed by atoms with Crippen molar-refractivity contribution in [2.75, 3.05) is 6.61 Å². The Morgan fingerprint density at radius 3 is 2.48 bits per heavy atom. The van der Waals surface area contributed by atoms with Gasteiger partial charge in [0.15, 0.2) is 0 Å². The van der Waals surface area contributed by atoms with Crippen LogP contribution in [0.3, 0.4) is 0 Å². The van der Waals surface area contributed by atoms with Crippen molar-refractivity contribution in [1.82, 2.24) is 5.01 Å². The number of hydrazone groups is 1. The molecule has 0 fully saturated rings. The standard InChI is InChI=1S/C24H21FN2O2/c1-2-28-17-13-11-16(12-14-17)21-15-22-19-8-4-6-10-23(19)29-24(27(22)26-21)18-7-3-5-9-20(18)25/h3-14,22,24H,2,15H2,1H3/t22-,24-/m1/s1. The van der Waals surface area contributed by atoms with E-state index in [0.29, 0.717) is 12.2 Å². The van der Waals surface area contributed by atoms with Crippen LogP contribution in [0.4, 0.5) is 4.39 Å². The zero-order chi connectivity index (χ0) is 19.8. The van der Waals surface area contributed by atoms with Gasteiger partial charge >= 0.3 is 0 Å². The fourth-order valence-electron chi connectivity index (χ4n) is 4.00. The second kappa shape index (κ2) is 7.24. The summed E-state index contributed by atoms with van der Waals surface area (Å²) < 4.78 is 26.3. The minimum atomic E-state index is -0.601. The highest BCUT2D eigenvalue weighted by atomic mass is 19.1. The molecule has 0 bridgehead atoms. The first-order valence-electron chi connectivity index (χ1n) is 9.83.